The number of H-pyrrole nitrogens is 1. The Balaban J connectivity index is 1.57. The first-order valence-corrected chi connectivity index (χ1v) is 8.18. The summed E-state index contributed by atoms with van der Waals surface area (Å²) in [5, 5.41) is 11.6. The van der Waals surface area contributed by atoms with Crippen molar-refractivity contribution in [1.29, 1.82) is 0 Å². The Kier molecular flexibility index (Phi) is 4.83. The number of hydrogen-bond acceptors (Lipinski definition) is 3. The van der Waals surface area contributed by atoms with Crippen LogP contribution in [0.1, 0.15) is 18.6 Å². The number of carbonyl (C=O) groups is 1. The van der Waals surface area contributed by atoms with E-state index in [1.807, 2.05) is 37.4 Å². The standard InChI is InChI=1S/C17H23N3O3/c1-2-23-17(22)20-9-7-19(8-10-20)12-16(21)14-11-18-15-6-4-3-5-13(14)15/h3-6,11,16,18,21H,2,7-10,12H2,1H3/p+1. The smallest absolute Gasteiger partial charge is 0.410 e. The lowest BCUT2D eigenvalue weighted by Crippen LogP contribution is -3.15. The number of benzene rings is 1. The van der Waals surface area contributed by atoms with Crippen molar-refractivity contribution in [1.82, 2.24) is 9.88 Å². The number of fused-ring (bicyclic) bond motifs is 1. The Morgan fingerprint density at radius 2 is 2.13 bits per heavy atom. The molecule has 0 bridgehead atoms. The molecule has 0 aliphatic carbocycles. The van der Waals surface area contributed by atoms with Gasteiger partial charge >= 0.3 is 6.09 Å². The zero-order valence-electron chi connectivity index (χ0n) is 13.4. The van der Waals surface area contributed by atoms with E-state index in [-0.39, 0.29) is 6.09 Å². The quantitative estimate of drug-likeness (QED) is 0.771. The van der Waals surface area contributed by atoms with E-state index in [9.17, 15) is 9.90 Å². The molecule has 3 N–H and O–H groups in total. The summed E-state index contributed by atoms with van der Waals surface area (Å²) in [7, 11) is 0. The number of quaternary nitrogens is 1. The van der Waals surface area contributed by atoms with Crippen LogP contribution in [0, 0.1) is 0 Å². The summed E-state index contributed by atoms with van der Waals surface area (Å²) >= 11 is 0. The largest absolute Gasteiger partial charge is 0.450 e. The predicted molar refractivity (Wildman–Crippen MR) is 87.4 cm³/mol. The highest BCUT2D eigenvalue weighted by atomic mass is 16.6. The molecule has 1 atom stereocenters. The van der Waals surface area contributed by atoms with E-state index in [1.54, 1.807) is 4.90 Å². The van der Waals surface area contributed by atoms with E-state index >= 15 is 0 Å². The maximum atomic E-state index is 11.7. The van der Waals surface area contributed by atoms with Crippen molar-refractivity contribution in [3.63, 3.8) is 0 Å². The van der Waals surface area contributed by atoms with E-state index in [1.165, 1.54) is 4.90 Å². The number of aromatic amines is 1. The van der Waals surface area contributed by atoms with Crippen LogP contribution < -0.4 is 4.90 Å². The van der Waals surface area contributed by atoms with E-state index in [2.05, 4.69) is 4.98 Å². The molecule has 0 spiro atoms. The van der Waals surface area contributed by atoms with Gasteiger partial charge in [0.15, 0.2) is 0 Å². The Hall–Kier alpha value is -2.05. The number of aliphatic hydroxyl groups excluding tert-OH is 1. The summed E-state index contributed by atoms with van der Waals surface area (Å²) in [6.07, 6.45) is 1.16. The molecular weight excluding hydrogens is 294 g/mol. The molecule has 23 heavy (non-hydrogen) atoms. The number of hydrogen-bond donors (Lipinski definition) is 3. The summed E-state index contributed by atoms with van der Waals surface area (Å²) in [6.45, 7) is 5.89. The molecule has 1 fully saturated rings. The normalized spacial score (nSPS) is 17.4. The number of aliphatic hydroxyl groups is 1. The second kappa shape index (κ2) is 7.02. The van der Waals surface area contributed by atoms with Gasteiger partial charge in [0.25, 0.3) is 0 Å². The maximum Gasteiger partial charge on any atom is 0.410 e. The molecule has 1 aromatic carbocycles. The number of amides is 1. The number of piperazine rings is 1. The molecule has 3 rings (SSSR count). The summed E-state index contributed by atoms with van der Waals surface area (Å²) in [5.41, 5.74) is 1.99. The molecule has 6 nitrogen and oxygen atoms in total. The van der Waals surface area contributed by atoms with Gasteiger partial charge in [-0.3, -0.25) is 4.90 Å². The zero-order chi connectivity index (χ0) is 16.2. The van der Waals surface area contributed by atoms with Crippen molar-refractivity contribution in [2.45, 2.75) is 13.0 Å². The highest BCUT2D eigenvalue weighted by molar-refractivity contribution is 5.83. The van der Waals surface area contributed by atoms with Gasteiger partial charge in [0, 0.05) is 22.7 Å². The number of ether oxygens (including phenoxy) is 1. The van der Waals surface area contributed by atoms with Gasteiger partial charge in [-0.05, 0) is 13.0 Å². The van der Waals surface area contributed by atoms with Crippen LogP contribution in [0.3, 0.4) is 0 Å². The number of carbonyl (C=O) groups excluding carboxylic acids is 1. The first kappa shape index (κ1) is 15.8. The number of para-hydroxylation sites is 1. The number of nitrogens with zero attached hydrogens (tertiary/aromatic N) is 1. The van der Waals surface area contributed by atoms with Gasteiger partial charge in [-0.25, -0.2) is 4.79 Å². The molecule has 1 unspecified atom stereocenters. The number of rotatable bonds is 4. The molecule has 124 valence electrons. The SMILES string of the molecule is CCOC(=O)N1CC[NH+](CC(O)c2c[nH]c3ccccc23)CC1. The van der Waals surface area contributed by atoms with Crippen LogP contribution in [-0.2, 0) is 4.74 Å². The van der Waals surface area contributed by atoms with Crippen LogP contribution >= 0.6 is 0 Å². The van der Waals surface area contributed by atoms with Crippen molar-refractivity contribution in [3.05, 3.63) is 36.0 Å². The molecule has 1 saturated heterocycles. The predicted octanol–water partition coefficient (Wildman–Crippen LogP) is 0.558. The van der Waals surface area contributed by atoms with Crippen LogP contribution in [0.2, 0.25) is 0 Å². The Labute approximate surface area is 135 Å². The highest BCUT2D eigenvalue weighted by Crippen LogP contribution is 2.23. The average Bonchev–Trinajstić information content (AvgIpc) is 3.00. The molecule has 2 heterocycles. The molecular formula is C17H24N3O3+. The van der Waals surface area contributed by atoms with Crippen molar-refractivity contribution in [3.8, 4) is 0 Å². The minimum Gasteiger partial charge on any atom is -0.450 e. The Morgan fingerprint density at radius 1 is 1.39 bits per heavy atom. The van der Waals surface area contributed by atoms with Gasteiger partial charge in [0.05, 0.1) is 32.8 Å². The summed E-state index contributed by atoms with van der Waals surface area (Å²) in [5.74, 6) is 0. The lowest BCUT2D eigenvalue weighted by molar-refractivity contribution is -0.907. The summed E-state index contributed by atoms with van der Waals surface area (Å²) < 4.78 is 5.03. The molecule has 0 saturated carbocycles. The fourth-order valence-electron chi connectivity index (χ4n) is 3.18. The molecule has 0 radical (unpaired) electrons. The fraction of sp³-hybridized carbons (Fsp3) is 0.471. The highest BCUT2D eigenvalue weighted by Gasteiger charge is 2.27. The van der Waals surface area contributed by atoms with Gasteiger partial charge in [-0.1, -0.05) is 18.2 Å². The molecule has 1 aliphatic heterocycles. The third kappa shape index (κ3) is 3.48. The number of nitrogens with one attached hydrogen (secondary N) is 2. The maximum absolute atomic E-state index is 11.7. The first-order chi connectivity index (χ1) is 11.2. The van der Waals surface area contributed by atoms with E-state index in [0.29, 0.717) is 26.2 Å². The van der Waals surface area contributed by atoms with Crippen molar-refractivity contribution in [2.24, 2.45) is 0 Å². The summed E-state index contributed by atoms with van der Waals surface area (Å²) in [4.78, 5) is 18.0. The second-order valence-electron chi connectivity index (χ2n) is 5.95. The van der Waals surface area contributed by atoms with Crippen molar-refractivity contribution >= 4 is 17.0 Å². The van der Waals surface area contributed by atoms with Crippen LogP contribution in [-0.4, -0.2) is 60.4 Å². The topological polar surface area (TPSA) is 70.0 Å². The molecule has 6 heteroatoms. The third-order valence-corrected chi connectivity index (χ3v) is 4.46. The van der Waals surface area contributed by atoms with Crippen LogP contribution in [0.15, 0.2) is 30.5 Å². The van der Waals surface area contributed by atoms with Crippen molar-refractivity contribution < 1.29 is 19.5 Å². The molecule has 2 aromatic rings. The molecule has 1 amide bonds. The molecule has 1 aliphatic rings. The van der Waals surface area contributed by atoms with Gasteiger partial charge in [-0.2, -0.15) is 0 Å². The van der Waals surface area contributed by atoms with Crippen LogP contribution in [0.4, 0.5) is 4.79 Å². The van der Waals surface area contributed by atoms with Gasteiger partial charge in [-0.15, -0.1) is 0 Å². The lowest BCUT2D eigenvalue weighted by atomic mass is 10.1. The number of aromatic nitrogens is 1. The fourth-order valence-corrected chi connectivity index (χ4v) is 3.18. The minimum atomic E-state index is -0.504. The van der Waals surface area contributed by atoms with Gasteiger partial charge in [0.1, 0.15) is 12.6 Å². The average molecular weight is 318 g/mol. The van der Waals surface area contributed by atoms with Gasteiger partial charge < -0.3 is 19.7 Å². The minimum absolute atomic E-state index is 0.233. The van der Waals surface area contributed by atoms with E-state index < -0.39 is 6.10 Å². The molecule has 1 aromatic heterocycles. The summed E-state index contributed by atoms with van der Waals surface area (Å²) in [6, 6.07) is 8.00. The van der Waals surface area contributed by atoms with E-state index in [0.717, 1.165) is 29.6 Å². The first-order valence-electron chi connectivity index (χ1n) is 8.18. The monoisotopic (exact) mass is 318 g/mol. The third-order valence-electron chi connectivity index (χ3n) is 4.46. The Morgan fingerprint density at radius 3 is 2.87 bits per heavy atom. The Bertz CT molecular complexity index is 662. The van der Waals surface area contributed by atoms with Crippen LogP contribution in [0.25, 0.3) is 10.9 Å². The second-order valence-corrected chi connectivity index (χ2v) is 5.95. The van der Waals surface area contributed by atoms with Gasteiger partial charge in [0.2, 0.25) is 0 Å². The zero-order valence-corrected chi connectivity index (χ0v) is 13.4. The van der Waals surface area contributed by atoms with Crippen molar-refractivity contribution in [2.75, 3.05) is 39.3 Å². The van der Waals surface area contributed by atoms with Crippen LogP contribution in [0.5, 0.6) is 0 Å². The lowest BCUT2D eigenvalue weighted by Gasteiger charge is -2.32. The van der Waals surface area contributed by atoms with E-state index in [4.69, 9.17) is 4.74 Å².